The van der Waals surface area contributed by atoms with Crippen molar-refractivity contribution in [1.29, 1.82) is 0 Å². The van der Waals surface area contributed by atoms with Gasteiger partial charge in [-0.25, -0.2) is 18.1 Å². The maximum atomic E-state index is 12.9. The molecule has 0 radical (unpaired) electrons. The topological polar surface area (TPSA) is 98.4 Å². The van der Waals surface area contributed by atoms with E-state index in [0.717, 1.165) is 55.2 Å². The zero-order valence-corrected chi connectivity index (χ0v) is 18.1. The smallest absolute Gasteiger partial charge is 0.258 e. The van der Waals surface area contributed by atoms with Crippen LogP contribution in [-0.2, 0) is 10.0 Å². The first-order valence-corrected chi connectivity index (χ1v) is 12.5. The van der Waals surface area contributed by atoms with Crippen molar-refractivity contribution in [2.75, 3.05) is 24.7 Å². The fourth-order valence-corrected chi connectivity index (χ4v) is 6.34. The van der Waals surface area contributed by atoms with Gasteiger partial charge in [-0.15, -0.1) is 0 Å². The minimum absolute atomic E-state index is 0.0440. The van der Waals surface area contributed by atoms with E-state index in [4.69, 9.17) is 0 Å². The number of pyridine rings is 1. The Morgan fingerprint density at radius 3 is 2.67 bits per heavy atom. The molecule has 30 heavy (non-hydrogen) atoms. The Morgan fingerprint density at radius 2 is 1.97 bits per heavy atom. The standard InChI is InChI=1S/C21H29N5O3S/c1-2-25-13-26(19-17-9-10-22-20(17)23-12-18(19)21(25)27)15-5-3-14(4-6-15)11-24-30(28,29)16-7-8-16/h9-10,12,14-16,24H,2-8,11,13H2,1H3,(H,22,23). The fraction of sp³-hybridized carbons (Fsp3) is 0.619. The van der Waals surface area contributed by atoms with Gasteiger partial charge in [0, 0.05) is 36.9 Å². The number of nitrogens with one attached hydrogen (secondary N) is 2. The second-order valence-electron chi connectivity index (χ2n) is 8.80. The van der Waals surface area contributed by atoms with Crippen LogP contribution in [0, 0.1) is 5.92 Å². The first-order valence-electron chi connectivity index (χ1n) is 11.0. The Morgan fingerprint density at radius 1 is 1.20 bits per heavy atom. The second-order valence-corrected chi connectivity index (χ2v) is 10.8. The van der Waals surface area contributed by atoms with Crippen LogP contribution in [0.2, 0.25) is 0 Å². The minimum Gasteiger partial charge on any atom is -0.349 e. The third kappa shape index (κ3) is 3.47. The predicted octanol–water partition coefficient (Wildman–Crippen LogP) is 2.44. The van der Waals surface area contributed by atoms with Gasteiger partial charge in [-0.2, -0.15) is 0 Å². The number of amides is 1. The first-order chi connectivity index (χ1) is 14.5. The minimum atomic E-state index is -3.11. The zero-order valence-electron chi connectivity index (χ0n) is 17.3. The van der Waals surface area contributed by atoms with Crippen LogP contribution in [-0.4, -0.2) is 60.2 Å². The molecule has 0 spiro atoms. The summed E-state index contributed by atoms with van der Waals surface area (Å²) in [6.07, 6.45) is 9.14. The van der Waals surface area contributed by atoms with Crippen molar-refractivity contribution in [1.82, 2.24) is 19.6 Å². The summed E-state index contributed by atoms with van der Waals surface area (Å²) in [6, 6.07) is 2.34. The Labute approximate surface area is 177 Å². The molecule has 0 saturated heterocycles. The van der Waals surface area contributed by atoms with Gasteiger partial charge in [0.15, 0.2) is 0 Å². The summed E-state index contributed by atoms with van der Waals surface area (Å²) in [5.41, 5.74) is 2.48. The summed E-state index contributed by atoms with van der Waals surface area (Å²) in [4.78, 5) is 24.8. The fourth-order valence-electron chi connectivity index (χ4n) is 4.88. The molecule has 9 heteroatoms. The Bertz CT molecular complexity index is 1050. The maximum absolute atomic E-state index is 12.9. The van der Waals surface area contributed by atoms with Crippen LogP contribution in [0.15, 0.2) is 18.5 Å². The normalized spacial score (nSPS) is 25.0. The SMILES string of the molecule is CCN1CN(C2CCC(CNS(=O)(=O)C3CC3)CC2)c2c(cnc3[nH]ccc23)C1=O. The van der Waals surface area contributed by atoms with Gasteiger partial charge in [0.25, 0.3) is 5.91 Å². The van der Waals surface area contributed by atoms with Crippen LogP contribution in [0.5, 0.6) is 0 Å². The van der Waals surface area contributed by atoms with Crippen molar-refractivity contribution in [3.05, 3.63) is 24.0 Å². The van der Waals surface area contributed by atoms with Gasteiger partial charge >= 0.3 is 0 Å². The highest BCUT2D eigenvalue weighted by atomic mass is 32.2. The lowest BCUT2D eigenvalue weighted by molar-refractivity contribution is 0.0741. The van der Waals surface area contributed by atoms with E-state index in [1.807, 2.05) is 24.1 Å². The van der Waals surface area contributed by atoms with Crippen molar-refractivity contribution in [3.63, 3.8) is 0 Å². The van der Waals surface area contributed by atoms with Gasteiger partial charge in [0.05, 0.1) is 23.2 Å². The molecule has 0 aromatic carbocycles. The molecule has 0 unspecified atom stereocenters. The van der Waals surface area contributed by atoms with Crippen LogP contribution < -0.4 is 9.62 Å². The molecule has 1 aliphatic heterocycles. The van der Waals surface area contributed by atoms with Crippen LogP contribution in [0.3, 0.4) is 0 Å². The Kier molecular flexibility index (Phi) is 4.97. The number of hydrogen-bond acceptors (Lipinski definition) is 5. The number of rotatable bonds is 6. The molecule has 2 aromatic heterocycles. The summed E-state index contributed by atoms with van der Waals surface area (Å²) < 4.78 is 27.1. The van der Waals surface area contributed by atoms with E-state index in [9.17, 15) is 13.2 Å². The van der Waals surface area contributed by atoms with E-state index in [1.165, 1.54) is 0 Å². The first kappa shape index (κ1) is 19.8. The summed E-state index contributed by atoms with van der Waals surface area (Å²) in [5.74, 6) is 0.426. The molecule has 5 rings (SSSR count). The van der Waals surface area contributed by atoms with Crippen LogP contribution in [0.4, 0.5) is 5.69 Å². The third-order valence-corrected chi connectivity index (χ3v) is 8.78. The molecule has 0 bridgehead atoms. The van der Waals surface area contributed by atoms with Crippen LogP contribution in [0.1, 0.15) is 55.8 Å². The van der Waals surface area contributed by atoms with Crippen molar-refractivity contribution in [3.8, 4) is 0 Å². The molecule has 3 aliphatic rings. The predicted molar refractivity (Wildman–Crippen MR) is 116 cm³/mol. The van der Waals surface area contributed by atoms with Gasteiger partial charge in [-0.1, -0.05) is 0 Å². The summed E-state index contributed by atoms with van der Waals surface area (Å²) in [7, 11) is -3.11. The van der Waals surface area contributed by atoms with Crippen molar-refractivity contribution in [2.24, 2.45) is 5.92 Å². The molecule has 3 heterocycles. The second kappa shape index (κ2) is 7.53. The van der Waals surface area contributed by atoms with Crippen molar-refractivity contribution < 1.29 is 13.2 Å². The van der Waals surface area contributed by atoms with E-state index >= 15 is 0 Å². The number of carbonyl (C=O) groups is 1. The van der Waals surface area contributed by atoms with Gasteiger partial charge in [-0.05, 0) is 57.4 Å². The molecular formula is C21H29N5O3S. The number of hydrogen-bond donors (Lipinski definition) is 2. The average molecular weight is 432 g/mol. The Hall–Kier alpha value is -2.13. The van der Waals surface area contributed by atoms with Gasteiger partial charge in [0.1, 0.15) is 5.65 Å². The molecule has 0 atom stereocenters. The zero-order chi connectivity index (χ0) is 20.9. The number of anilines is 1. The number of fused-ring (bicyclic) bond motifs is 3. The molecule has 2 aliphatic carbocycles. The lowest BCUT2D eigenvalue weighted by Gasteiger charge is -2.44. The van der Waals surface area contributed by atoms with E-state index in [-0.39, 0.29) is 11.2 Å². The van der Waals surface area contributed by atoms with Crippen molar-refractivity contribution in [2.45, 2.75) is 56.7 Å². The van der Waals surface area contributed by atoms with Crippen LogP contribution in [0.25, 0.3) is 11.0 Å². The van der Waals surface area contributed by atoms with Gasteiger partial charge < -0.3 is 14.8 Å². The van der Waals surface area contributed by atoms with Crippen molar-refractivity contribution >= 4 is 32.7 Å². The summed E-state index contributed by atoms with van der Waals surface area (Å²) in [6.45, 7) is 3.81. The average Bonchev–Trinajstić information content (AvgIpc) is 3.51. The quantitative estimate of drug-likeness (QED) is 0.732. The van der Waals surface area contributed by atoms with E-state index in [1.54, 1.807) is 6.20 Å². The summed E-state index contributed by atoms with van der Waals surface area (Å²) >= 11 is 0. The summed E-state index contributed by atoms with van der Waals surface area (Å²) in [5, 5.41) is 0.838. The van der Waals surface area contributed by atoms with Gasteiger partial charge in [-0.3, -0.25) is 4.79 Å². The number of nitrogens with zero attached hydrogens (tertiary/aromatic N) is 3. The van der Waals surface area contributed by atoms with E-state index in [2.05, 4.69) is 19.6 Å². The molecule has 8 nitrogen and oxygen atoms in total. The molecule has 2 aromatic rings. The largest absolute Gasteiger partial charge is 0.349 e. The molecule has 2 N–H and O–H groups in total. The number of carbonyl (C=O) groups excluding carboxylic acids is 1. The maximum Gasteiger partial charge on any atom is 0.258 e. The number of sulfonamides is 1. The van der Waals surface area contributed by atoms with E-state index < -0.39 is 10.0 Å². The van der Waals surface area contributed by atoms with Gasteiger partial charge in [0.2, 0.25) is 10.0 Å². The monoisotopic (exact) mass is 431 g/mol. The lowest BCUT2D eigenvalue weighted by atomic mass is 9.85. The number of aromatic nitrogens is 2. The van der Waals surface area contributed by atoms with E-state index in [0.29, 0.717) is 37.3 Å². The highest BCUT2D eigenvalue weighted by Crippen LogP contribution is 2.39. The highest BCUT2D eigenvalue weighted by molar-refractivity contribution is 7.90. The third-order valence-electron chi connectivity index (χ3n) is 6.86. The molecule has 2 saturated carbocycles. The Balaban J connectivity index is 1.33. The number of H-pyrrole nitrogens is 1. The van der Waals surface area contributed by atoms with Crippen LogP contribution >= 0.6 is 0 Å². The molecule has 2 fully saturated rings. The molecule has 162 valence electrons. The number of aromatic amines is 1. The molecule has 1 amide bonds. The molecular weight excluding hydrogens is 402 g/mol. The lowest BCUT2D eigenvalue weighted by Crippen LogP contribution is -2.52. The highest BCUT2D eigenvalue weighted by Gasteiger charge is 2.38.